The van der Waals surface area contributed by atoms with Crippen molar-refractivity contribution in [1.82, 2.24) is 0 Å². The molecule has 1 N–H and O–H groups in total. The van der Waals surface area contributed by atoms with Gasteiger partial charge in [-0.2, -0.15) is 13.2 Å². The molecule has 5 rings (SSSR count). The molecule has 0 saturated carbocycles. The number of hydrogen-bond donors (Lipinski definition) is 1. The number of halogens is 3. The second-order valence-electron chi connectivity index (χ2n) is 7.54. The molecule has 2 aliphatic rings. The largest absolute Gasteiger partial charge is 0.416 e. The molecule has 29 heavy (non-hydrogen) atoms. The van der Waals surface area contributed by atoms with Gasteiger partial charge in [-0.1, -0.05) is 48.5 Å². The fraction of sp³-hybridized carbons (Fsp3) is 0.208. The van der Waals surface area contributed by atoms with Crippen LogP contribution in [0.5, 0.6) is 0 Å². The summed E-state index contributed by atoms with van der Waals surface area (Å²) in [5, 5.41) is 5.33. The highest BCUT2D eigenvalue weighted by Gasteiger charge is 2.40. The number of nitrogens with one attached hydrogen (secondary N) is 1. The monoisotopic (exact) mass is 393 g/mol. The van der Waals surface area contributed by atoms with Crippen LogP contribution in [-0.2, 0) is 11.0 Å². The molecule has 1 heterocycles. The van der Waals surface area contributed by atoms with E-state index in [-0.39, 0.29) is 11.3 Å². The van der Waals surface area contributed by atoms with Crippen LogP contribution in [0.3, 0.4) is 0 Å². The quantitative estimate of drug-likeness (QED) is 0.509. The molecule has 0 aromatic heterocycles. The molecule has 1 atom stereocenters. The number of carbonyl (C=O) groups excluding carboxylic acids is 1. The first kappa shape index (κ1) is 18.0. The van der Waals surface area contributed by atoms with Gasteiger partial charge < -0.3 is 5.32 Å². The summed E-state index contributed by atoms with van der Waals surface area (Å²) in [7, 11) is 0. The fourth-order valence-corrected chi connectivity index (χ4v) is 4.64. The van der Waals surface area contributed by atoms with E-state index < -0.39 is 17.8 Å². The maximum absolute atomic E-state index is 13.7. The van der Waals surface area contributed by atoms with E-state index in [9.17, 15) is 18.0 Å². The average Bonchev–Trinajstić information content (AvgIpc) is 2.72. The first-order valence-corrected chi connectivity index (χ1v) is 9.66. The van der Waals surface area contributed by atoms with Gasteiger partial charge in [0, 0.05) is 23.2 Å². The Bertz CT molecular complexity index is 1180. The molecule has 2 nitrogen and oxygen atoms in total. The number of anilines is 1. The summed E-state index contributed by atoms with van der Waals surface area (Å²) < 4.78 is 41.1. The molecule has 3 aromatic rings. The van der Waals surface area contributed by atoms with Gasteiger partial charge in [0.15, 0.2) is 5.78 Å². The minimum absolute atomic E-state index is 0.0701. The molecule has 0 fully saturated rings. The van der Waals surface area contributed by atoms with Crippen LogP contribution in [0.25, 0.3) is 16.3 Å². The van der Waals surface area contributed by atoms with Gasteiger partial charge in [-0.3, -0.25) is 4.79 Å². The summed E-state index contributed by atoms with van der Waals surface area (Å²) >= 11 is 0. The lowest BCUT2D eigenvalue weighted by atomic mass is 9.76. The van der Waals surface area contributed by atoms with Crippen LogP contribution in [0.1, 0.15) is 42.0 Å². The Labute approximate surface area is 166 Å². The zero-order valence-electron chi connectivity index (χ0n) is 15.5. The topological polar surface area (TPSA) is 29.1 Å². The van der Waals surface area contributed by atoms with E-state index in [0.29, 0.717) is 24.8 Å². The molecule has 0 radical (unpaired) electrons. The van der Waals surface area contributed by atoms with Gasteiger partial charge in [-0.05, 0) is 46.9 Å². The number of ketones is 1. The summed E-state index contributed by atoms with van der Waals surface area (Å²) in [6.07, 6.45) is -2.71. The van der Waals surface area contributed by atoms with Gasteiger partial charge in [-0.25, -0.2) is 0 Å². The van der Waals surface area contributed by atoms with Crippen molar-refractivity contribution in [2.45, 2.75) is 31.5 Å². The number of fused-ring (bicyclic) bond motifs is 4. The van der Waals surface area contributed by atoms with E-state index in [4.69, 9.17) is 0 Å². The van der Waals surface area contributed by atoms with Crippen molar-refractivity contribution < 1.29 is 18.0 Å². The van der Waals surface area contributed by atoms with Crippen molar-refractivity contribution in [3.8, 4) is 0 Å². The predicted molar refractivity (Wildman–Crippen MR) is 108 cm³/mol. The van der Waals surface area contributed by atoms with Crippen molar-refractivity contribution in [1.29, 1.82) is 0 Å². The zero-order valence-corrected chi connectivity index (χ0v) is 15.5. The summed E-state index contributed by atoms with van der Waals surface area (Å²) in [5.74, 6) is -0.0701. The molecular formula is C24H18F3NO. The number of rotatable bonds is 1. The molecule has 1 aliphatic carbocycles. The van der Waals surface area contributed by atoms with E-state index in [0.717, 1.165) is 33.7 Å². The van der Waals surface area contributed by atoms with Crippen LogP contribution in [-0.4, -0.2) is 5.78 Å². The van der Waals surface area contributed by atoms with Gasteiger partial charge in [0.25, 0.3) is 0 Å². The zero-order chi connectivity index (χ0) is 20.2. The van der Waals surface area contributed by atoms with Crippen molar-refractivity contribution in [2.24, 2.45) is 0 Å². The third-order valence-electron chi connectivity index (χ3n) is 5.85. The number of alkyl halides is 3. The molecule has 1 aliphatic heterocycles. The molecule has 0 unspecified atom stereocenters. The molecule has 0 amide bonds. The maximum atomic E-state index is 13.7. The van der Waals surface area contributed by atoms with Gasteiger partial charge in [-0.15, -0.1) is 0 Å². The highest BCUT2D eigenvalue weighted by molar-refractivity contribution is 6.12. The minimum Gasteiger partial charge on any atom is -0.373 e. The van der Waals surface area contributed by atoms with Gasteiger partial charge >= 0.3 is 6.18 Å². The molecule has 0 spiro atoms. The van der Waals surface area contributed by atoms with Crippen LogP contribution in [0.2, 0.25) is 0 Å². The number of allylic oxidation sites excluding steroid dienone is 1. The van der Waals surface area contributed by atoms with Gasteiger partial charge in [0.1, 0.15) is 0 Å². The molecule has 5 heteroatoms. The first-order chi connectivity index (χ1) is 13.9. The molecule has 3 aromatic carbocycles. The Kier molecular flexibility index (Phi) is 4.02. The Balaban J connectivity index is 1.79. The highest BCUT2D eigenvalue weighted by Crippen LogP contribution is 2.49. The highest BCUT2D eigenvalue weighted by atomic mass is 19.4. The number of carbonyl (C=O) groups is 1. The van der Waals surface area contributed by atoms with E-state index in [1.54, 1.807) is 6.07 Å². The van der Waals surface area contributed by atoms with Gasteiger partial charge in [0.2, 0.25) is 0 Å². The Hall–Kier alpha value is -3.08. The van der Waals surface area contributed by atoms with Crippen molar-refractivity contribution in [3.05, 3.63) is 82.9 Å². The lowest BCUT2D eigenvalue weighted by molar-refractivity contribution is -0.138. The van der Waals surface area contributed by atoms with Crippen molar-refractivity contribution >= 4 is 27.8 Å². The van der Waals surface area contributed by atoms with E-state index in [1.807, 2.05) is 36.4 Å². The predicted octanol–water partition coefficient (Wildman–Crippen LogP) is 6.53. The van der Waals surface area contributed by atoms with E-state index in [1.165, 1.54) is 12.1 Å². The molecule has 0 saturated heterocycles. The summed E-state index contributed by atoms with van der Waals surface area (Å²) in [6.45, 7) is 0. The maximum Gasteiger partial charge on any atom is 0.416 e. The van der Waals surface area contributed by atoms with Crippen LogP contribution in [0.15, 0.2) is 66.2 Å². The Morgan fingerprint density at radius 2 is 1.66 bits per heavy atom. The van der Waals surface area contributed by atoms with E-state index in [2.05, 4.69) is 5.32 Å². The molecule has 146 valence electrons. The molecule has 0 bridgehead atoms. The van der Waals surface area contributed by atoms with Gasteiger partial charge in [0.05, 0.1) is 11.6 Å². The van der Waals surface area contributed by atoms with Crippen molar-refractivity contribution in [2.75, 3.05) is 5.32 Å². The summed E-state index contributed by atoms with van der Waals surface area (Å²) in [5.41, 5.74) is 2.49. The van der Waals surface area contributed by atoms with Crippen LogP contribution in [0, 0.1) is 0 Å². The van der Waals surface area contributed by atoms with E-state index >= 15 is 0 Å². The summed E-state index contributed by atoms with van der Waals surface area (Å²) in [6, 6.07) is 16.5. The minimum atomic E-state index is -4.49. The second-order valence-corrected chi connectivity index (χ2v) is 7.54. The fourth-order valence-electron chi connectivity index (χ4n) is 4.64. The van der Waals surface area contributed by atoms with Crippen LogP contribution < -0.4 is 5.32 Å². The van der Waals surface area contributed by atoms with Crippen LogP contribution >= 0.6 is 0 Å². The first-order valence-electron chi connectivity index (χ1n) is 9.66. The second kappa shape index (κ2) is 6.48. The Morgan fingerprint density at radius 1 is 0.897 bits per heavy atom. The SMILES string of the molecule is O=C1CCCC2=C1[C@@H](c1ccccc1C(F)(F)F)Nc1ccc3ccccc3c12. The molecular weight excluding hydrogens is 375 g/mol. The van der Waals surface area contributed by atoms with Crippen molar-refractivity contribution in [3.63, 3.8) is 0 Å². The third kappa shape index (κ3) is 2.84. The Morgan fingerprint density at radius 3 is 2.48 bits per heavy atom. The number of hydrogen-bond acceptors (Lipinski definition) is 2. The number of Topliss-reactive ketones (excluding diaryl/α,β-unsaturated/α-hetero) is 1. The smallest absolute Gasteiger partial charge is 0.373 e. The van der Waals surface area contributed by atoms with Crippen LogP contribution in [0.4, 0.5) is 18.9 Å². The average molecular weight is 393 g/mol. The normalized spacial score (nSPS) is 19.0. The lowest BCUT2D eigenvalue weighted by Crippen LogP contribution is -2.29. The summed E-state index contributed by atoms with van der Waals surface area (Å²) in [4.78, 5) is 12.9. The standard InChI is InChI=1S/C24H18F3NO/c25-24(26,27)18-10-4-3-8-16(18)23-22-17(9-5-11-20(22)29)21-15-7-2-1-6-14(15)12-13-19(21)28-23/h1-4,6-8,10,12-13,23,28H,5,9,11H2/t23-/m1/s1. The lowest BCUT2D eigenvalue weighted by Gasteiger charge is -2.36. The number of benzene rings is 3. The third-order valence-corrected chi connectivity index (χ3v) is 5.85.